The summed E-state index contributed by atoms with van der Waals surface area (Å²) in [5, 5.41) is 12.5. The largest absolute Gasteiger partial charge is 0.456 e. The lowest BCUT2D eigenvalue weighted by atomic mass is 9.83. The van der Waals surface area contributed by atoms with E-state index in [0.29, 0.717) is 35.4 Å². The molecule has 37 heavy (non-hydrogen) atoms. The topological polar surface area (TPSA) is 81.4 Å². The molecular formula is C27H29ClF2N4O3. The molecular weight excluding hydrogens is 502 g/mol. The maximum atomic E-state index is 14.8. The van der Waals surface area contributed by atoms with E-state index in [4.69, 9.17) is 26.2 Å². The Balaban J connectivity index is 1.52. The second kappa shape index (κ2) is 11.0. The Kier molecular flexibility index (Phi) is 7.96. The van der Waals surface area contributed by atoms with Gasteiger partial charge in [-0.3, -0.25) is 0 Å². The standard InChI is InChI=1S/C27H29ClF2N4O3/c1-26(2,3)27(29,30)18-5-4-6-20(15-18)37-23-8-7-19(16-21(23)28)33-25-24-22(31-17-32-25)9-10-34(24)11-13-36-14-12-35/h4-10,15-17,35H,11-14H2,1-3H3,(H,31,32,33). The summed E-state index contributed by atoms with van der Waals surface area (Å²) >= 11 is 6.49. The molecule has 0 aliphatic rings. The zero-order valence-corrected chi connectivity index (χ0v) is 21.6. The first-order chi connectivity index (χ1) is 17.6. The van der Waals surface area contributed by atoms with E-state index < -0.39 is 11.3 Å². The molecule has 0 saturated carbocycles. The molecule has 2 aromatic heterocycles. The molecule has 0 bridgehead atoms. The van der Waals surface area contributed by atoms with Gasteiger partial charge in [0.25, 0.3) is 5.92 Å². The fraction of sp³-hybridized carbons (Fsp3) is 0.333. The van der Waals surface area contributed by atoms with Gasteiger partial charge in [0.1, 0.15) is 23.3 Å². The Morgan fingerprint density at radius 1 is 1.05 bits per heavy atom. The molecule has 10 heteroatoms. The zero-order chi connectivity index (χ0) is 26.6. The number of aliphatic hydroxyl groups is 1. The average Bonchev–Trinajstić information content (AvgIpc) is 3.27. The van der Waals surface area contributed by atoms with Crippen molar-refractivity contribution in [2.75, 3.05) is 25.1 Å². The third kappa shape index (κ3) is 6.01. The molecule has 0 spiro atoms. The lowest BCUT2D eigenvalue weighted by molar-refractivity contribution is -0.104. The van der Waals surface area contributed by atoms with E-state index >= 15 is 0 Å². The van der Waals surface area contributed by atoms with Crippen molar-refractivity contribution >= 4 is 34.1 Å². The Labute approximate surface area is 219 Å². The van der Waals surface area contributed by atoms with Gasteiger partial charge < -0.3 is 24.5 Å². The lowest BCUT2D eigenvalue weighted by Crippen LogP contribution is -2.31. The number of hydrogen-bond acceptors (Lipinski definition) is 6. The number of nitrogens with zero attached hydrogens (tertiary/aromatic N) is 3. The second-order valence-electron chi connectivity index (χ2n) is 9.53. The minimum absolute atomic E-state index is 0.0301. The molecule has 4 rings (SSSR count). The molecule has 4 aromatic rings. The van der Waals surface area contributed by atoms with Crippen LogP contribution in [-0.4, -0.2) is 39.5 Å². The first kappa shape index (κ1) is 26.8. The number of alkyl halides is 2. The normalized spacial score (nSPS) is 12.2. The highest BCUT2D eigenvalue weighted by molar-refractivity contribution is 6.32. The second-order valence-corrected chi connectivity index (χ2v) is 9.93. The smallest absolute Gasteiger partial charge is 0.278 e. The van der Waals surface area contributed by atoms with Crippen molar-refractivity contribution in [1.29, 1.82) is 0 Å². The van der Waals surface area contributed by atoms with E-state index in [0.717, 1.165) is 11.0 Å². The van der Waals surface area contributed by atoms with Crippen molar-refractivity contribution in [1.82, 2.24) is 14.5 Å². The van der Waals surface area contributed by atoms with Crippen LogP contribution in [0.2, 0.25) is 5.02 Å². The first-order valence-corrected chi connectivity index (χ1v) is 12.2. The van der Waals surface area contributed by atoms with Crippen LogP contribution in [0.5, 0.6) is 11.5 Å². The Morgan fingerprint density at radius 2 is 1.86 bits per heavy atom. The van der Waals surface area contributed by atoms with E-state index in [1.165, 1.54) is 39.2 Å². The van der Waals surface area contributed by atoms with E-state index in [1.54, 1.807) is 30.3 Å². The molecule has 0 atom stereocenters. The highest BCUT2D eigenvalue weighted by atomic mass is 35.5. The Hall–Kier alpha value is -3.27. The van der Waals surface area contributed by atoms with Crippen molar-refractivity contribution in [2.24, 2.45) is 5.41 Å². The molecule has 0 saturated heterocycles. The SMILES string of the molecule is CC(C)(C)C(F)(F)c1cccc(Oc2ccc(Nc3ncnc4ccn(CCOCCO)c34)cc2Cl)c1. The monoisotopic (exact) mass is 530 g/mol. The summed E-state index contributed by atoms with van der Waals surface area (Å²) in [5.74, 6) is -1.85. The number of anilines is 2. The average molecular weight is 531 g/mol. The van der Waals surface area contributed by atoms with Crippen LogP contribution in [-0.2, 0) is 17.2 Å². The molecule has 0 aliphatic heterocycles. The maximum absolute atomic E-state index is 14.8. The number of aromatic nitrogens is 3. The van der Waals surface area contributed by atoms with Crippen molar-refractivity contribution in [3.63, 3.8) is 0 Å². The predicted molar refractivity (Wildman–Crippen MR) is 140 cm³/mol. The maximum Gasteiger partial charge on any atom is 0.278 e. The van der Waals surface area contributed by atoms with Crippen LogP contribution in [0.25, 0.3) is 11.0 Å². The van der Waals surface area contributed by atoms with Crippen molar-refractivity contribution in [2.45, 2.75) is 33.2 Å². The third-order valence-electron chi connectivity index (χ3n) is 5.82. The van der Waals surface area contributed by atoms with Gasteiger partial charge in [0, 0.05) is 29.4 Å². The number of benzene rings is 2. The van der Waals surface area contributed by atoms with E-state index in [-0.39, 0.29) is 24.5 Å². The molecule has 0 aliphatic carbocycles. The number of aliphatic hydroxyl groups excluding tert-OH is 1. The first-order valence-electron chi connectivity index (χ1n) is 11.8. The molecule has 196 valence electrons. The number of ether oxygens (including phenoxy) is 2. The number of nitrogens with one attached hydrogen (secondary N) is 1. The summed E-state index contributed by atoms with van der Waals surface area (Å²) < 4.78 is 42.8. The van der Waals surface area contributed by atoms with Gasteiger partial charge in [0.05, 0.1) is 30.4 Å². The zero-order valence-electron chi connectivity index (χ0n) is 20.8. The number of rotatable bonds is 10. The van der Waals surface area contributed by atoms with Crippen LogP contribution in [0.15, 0.2) is 61.1 Å². The summed E-state index contributed by atoms with van der Waals surface area (Å²) in [6, 6.07) is 12.9. The van der Waals surface area contributed by atoms with Gasteiger partial charge >= 0.3 is 0 Å². The molecule has 2 heterocycles. The Bertz CT molecular complexity index is 1370. The molecule has 7 nitrogen and oxygen atoms in total. The van der Waals surface area contributed by atoms with Crippen molar-refractivity contribution < 1.29 is 23.4 Å². The van der Waals surface area contributed by atoms with Gasteiger partial charge in [-0.15, -0.1) is 0 Å². The van der Waals surface area contributed by atoms with E-state index in [2.05, 4.69) is 15.3 Å². The third-order valence-corrected chi connectivity index (χ3v) is 6.12. The van der Waals surface area contributed by atoms with Gasteiger partial charge in [-0.25, -0.2) is 18.7 Å². The summed E-state index contributed by atoms with van der Waals surface area (Å²) in [6.07, 6.45) is 3.37. The van der Waals surface area contributed by atoms with Crippen LogP contribution in [0.1, 0.15) is 26.3 Å². The number of hydrogen-bond donors (Lipinski definition) is 2. The highest BCUT2D eigenvalue weighted by Crippen LogP contribution is 2.45. The predicted octanol–water partition coefficient (Wildman–Crippen LogP) is 6.77. The highest BCUT2D eigenvalue weighted by Gasteiger charge is 2.44. The van der Waals surface area contributed by atoms with Crippen LogP contribution in [0, 0.1) is 5.41 Å². The molecule has 2 N–H and O–H groups in total. The summed E-state index contributed by atoms with van der Waals surface area (Å²) in [5.41, 5.74) is 0.856. The van der Waals surface area contributed by atoms with Crippen molar-refractivity contribution in [3.05, 3.63) is 71.6 Å². The summed E-state index contributed by atoms with van der Waals surface area (Å²) in [7, 11) is 0. The molecule has 0 unspecified atom stereocenters. The number of fused-ring (bicyclic) bond motifs is 1. The summed E-state index contributed by atoms with van der Waals surface area (Å²) in [6.45, 7) is 5.73. The van der Waals surface area contributed by atoms with Crippen LogP contribution >= 0.6 is 11.6 Å². The minimum atomic E-state index is -3.03. The summed E-state index contributed by atoms with van der Waals surface area (Å²) in [4.78, 5) is 8.70. The van der Waals surface area contributed by atoms with Gasteiger partial charge in [0.2, 0.25) is 0 Å². The lowest BCUT2D eigenvalue weighted by Gasteiger charge is -2.30. The molecule has 0 fully saturated rings. The fourth-order valence-corrected chi connectivity index (χ4v) is 3.97. The van der Waals surface area contributed by atoms with Gasteiger partial charge in [-0.1, -0.05) is 44.5 Å². The Morgan fingerprint density at radius 3 is 2.59 bits per heavy atom. The van der Waals surface area contributed by atoms with Gasteiger partial charge in [0.15, 0.2) is 5.82 Å². The van der Waals surface area contributed by atoms with E-state index in [9.17, 15) is 8.78 Å². The number of halogens is 3. The van der Waals surface area contributed by atoms with Crippen LogP contribution in [0.3, 0.4) is 0 Å². The van der Waals surface area contributed by atoms with Crippen LogP contribution in [0.4, 0.5) is 20.3 Å². The van der Waals surface area contributed by atoms with Gasteiger partial charge in [-0.05, 0) is 36.4 Å². The van der Waals surface area contributed by atoms with E-state index in [1.807, 2.05) is 16.8 Å². The van der Waals surface area contributed by atoms with Gasteiger partial charge in [-0.2, -0.15) is 0 Å². The van der Waals surface area contributed by atoms with Crippen LogP contribution < -0.4 is 10.1 Å². The fourth-order valence-electron chi connectivity index (χ4n) is 3.75. The molecule has 0 radical (unpaired) electrons. The molecule has 2 aromatic carbocycles. The minimum Gasteiger partial charge on any atom is -0.456 e. The molecule has 0 amide bonds. The quantitative estimate of drug-likeness (QED) is 0.220. The van der Waals surface area contributed by atoms with Crippen molar-refractivity contribution in [3.8, 4) is 11.5 Å².